The van der Waals surface area contributed by atoms with Crippen molar-refractivity contribution in [2.75, 3.05) is 6.73 Å². The van der Waals surface area contributed by atoms with Gasteiger partial charge in [0.15, 0.2) is 0 Å². The Morgan fingerprint density at radius 1 is 1.00 bits per heavy atom. The van der Waals surface area contributed by atoms with Crippen LogP contribution in [0.3, 0.4) is 0 Å². The third kappa shape index (κ3) is 4.37. The summed E-state index contributed by atoms with van der Waals surface area (Å²) in [6, 6.07) is 7.49. The molecule has 4 rings (SSSR count). The lowest BCUT2D eigenvalue weighted by Crippen LogP contribution is -2.46. The quantitative estimate of drug-likeness (QED) is 0.503. The predicted octanol–water partition coefficient (Wildman–Crippen LogP) is 4.73. The molecule has 0 N–H and O–H groups in total. The van der Waals surface area contributed by atoms with Crippen LogP contribution >= 0.6 is 0 Å². The third-order valence-electron chi connectivity index (χ3n) is 5.89. The van der Waals surface area contributed by atoms with Gasteiger partial charge in [0.25, 0.3) is 5.91 Å². The minimum Gasteiger partial charge on any atom is -0.346 e. The van der Waals surface area contributed by atoms with Gasteiger partial charge in [0, 0.05) is 5.56 Å². The molecule has 6 nitrogen and oxygen atoms in total. The van der Waals surface area contributed by atoms with E-state index in [1.807, 2.05) is 0 Å². The van der Waals surface area contributed by atoms with Crippen LogP contribution in [0.2, 0.25) is 0 Å². The van der Waals surface area contributed by atoms with Gasteiger partial charge >= 0.3 is 12.4 Å². The molecular weight excluding hydrogens is 466 g/mol. The Labute approximate surface area is 189 Å². The van der Waals surface area contributed by atoms with Crippen molar-refractivity contribution in [2.24, 2.45) is 0 Å². The summed E-state index contributed by atoms with van der Waals surface area (Å²) in [5, 5.41) is 4.04. The largest absolute Gasteiger partial charge is 0.416 e. The van der Waals surface area contributed by atoms with Crippen molar-refractivity contribution in [3.8, 4) is 0 Å². The SMILES string of the molecule is CC1N(C(=O)c2ccc(C(F)(F)F)cc2)COC1(Cn1cncn1)c1ccc(C(F)(F)F)cc1. The fourth-order valence-corrected chi connectivity index (χ4v) is 3.96. The van der Waals surface area contributed by atoms with E-state index in [1.54, 1.807) is 6.92 Å². The van der Waals surface area contributed by atoms with Crippen molar-refractivity contribution >= 4 is 5.91 Å². The summed E-state index contributed by atoms with van der Waals surface area (Å²) in [6.45, 7) is 1.47. The van der Waals surface area contributed by atoms with E-state index in [1.165, 1.54) is 34.4 Å². The first-order chi connectivity index (χ1) is 15.9. The van der Waals surface area contributed by atoms with Gasteiger partial charge in [0.2, 0.25) is 0 Å². The maximum atomic E-state index is 13.1. The van der Waals surface area contributed by atoms with Gasteiger partial charge in [-0.2, -0.15) is 31.4 Å². The second kappa shape index (κ2) is 8.42. The Bertz CT molecular complexity index is 1140. The Hall–Kier alpha value is -3.41. The molecule has 0 spiro atoms. The minimum atomic E-state index is -4.54. The van der Waals surface area contributed by atoms with Crippen molar-refractivity contribution in [1.29, 1.82) is 0 Å². The second-order valence-corrected chi connectivity index (χ2v) is 7.86. The van der Waals surface area contributed by atoms with Gasteiger partial charge in [-0.1, -0.05) is 12.1 Å². The molecule has 1 saturated heterocycles. The van der Waals surface area contributed by atoms with Gasteiger partial charge in [0.05, 0.1) is 23.7 Å². The number of ether oxygens (including phenoxy) is 1. The summed E-state index contributed by atoms with van der Waals surface area (Å²) in [5.41, 5.74) is -2.60. The van der Waals surface area contributed by atoms with Crippen LogP contribution in [0, 0.1) is 0 Å². The lowest BCUT2D eigenvalue weighted by Gasteiger charge is -2.34. The number of aromatic nitrogens is 3. The van der Waals surface area contributed by atoms with Gasteiger partial charge in [-0.15, -0.1) is 0 Å². The number of halogens is 6. The third-order valence-corrected chi connectivity index (χ3v) is 5.89. The van der Waals surface area contributed by atoms with E-state index < -0.39 is 41.0 Å². The van der Waals surface area contributed by atoms with E-state index in [9.17, 15) is 31.1 Å². The number of hydrogen-bond donors (Lipinski definition) is 0. The lowest BCUT2D eigenvalue weighted by atomic mass is 9.86. The normalized spacial score (nSPS) is 21.1. The number of nitrogens with zero attached hydrogens (tertiary/aromatic N) is 4. The van der Waals surface area contributed by atoms with Crippen LogP contribution in [0.1, 0.15) is 34.0 Å². The Morgan fingerprint density at radius 2 is 1.56 bits per heavy atom. The van der Waals surface area contributed by atoms with Crippen molar-refractivity contribution in [2.45, 2.75) is 37.5 Å². The van der Waals surface area contributed by atoms with E-state index in [-0.39, 0.29) is 18.8 Å². The summed E-state index contributed by atoms with van der Waals surface area (Å²) in [6.07, 6.45) is -6.38. The van der Waals surface area contributed by atoms with Crippen molar-refractivity contribution in [1.82, 2.24) is 19.7 Å². The minimum absolute atomic E-state index is 0.0208. The first-order valence-corrected chi connectivity index (χ1v) is 10.0. The zero-order chi connectivity index (χ0) is 24.7. The first-order valence-electron chi connectivity index (χ1n) is 10.0. The average molecular weight is 484 g/mol. The van der Waals surface area contributed by atoms with Crippen LogP contribution in [0.25, 0.3) is 0 Å². The van der Waals surface area contributed by atoms with Crippen molar-refractivity contribution < 1.29 is 35.9 Å². The van der Waals surface area contributed by atoms with Gasteiger partial charge < -0.3 is 9.64 Å². The average Bonchev–Trinajstić information content (AvgIpc) is 3.41. The molecule has 2 heterocycles. The highest BCUT2D eigenvalue weighted by molar-refractivity contribution is 5.94. The highest BCUT2D eigenvalue weighted by Crippen LogP contribution is 2.41. The standard InChI is InChI=1S/C22H18F6N4O2/c1-14-20(10-31-12-29-11-30-31,16-6-8-18(9-7-16)22(26,27)28)34-13-32(14)19(33)15-2-4-17(5-3-15)21(23,24)25/h2-9,11-12,14H,10,13H2,1H3. The number of hydrogen-bond acceptors (Lipinski definition) is 4. The fraction of sp³-hybridized carbons (Fsp3) is 0.318. The smallest absolute Gasteiger partial charge is 0.346 e. The van der Waals surface area contributed by atoms with Crippen LogP contribution < -0.4 is 0 Å². The highest BCUT2D eigenvalue weighted by atomic mass is 19.4. The predicted molar refractivity (Wildman–Crippen MR) is 106 cm³/mol. The van der Waals surface area contributed by atoms with Gasteiger partial charge in [0.1, 0.15) is 25.0 Å². The second-order valence-electron chi connectivity index (χ2n) is 7.86. The van der Waals surface area contributed by atoms with Crippen LogP contribution in [-0.2, 0) is 29.2 Å². The molecule has 2 unspecified atom stereocenters. The molecule has 0 radical (unpaired) electrons. The van der Waals surface area contributed by atoms with Gasteiger partial charge in [-0.3, -0.25) is 4.79 Å². The summed E-state index contributed by atoms with van der Waals surface area (Å²) in [5.74, 6) is -0.575. The Kier molecular flexibility index (Phi) is 5.88. The van der Waals surface area contributed by atoms with Crippen LogP contribution in [0.5, 0.6) is 0 Å². The molecule has 1 aliphatic rings. The number of rotatable bonds is 4. The molecule has 2 atom stereocenters. The lowest BCUT2D eigenvalue weighted by molar-refractivity contribution is -0.138. The zero-order valence-electron chi connectivity index (χ0n) is 17.6. The maximum absolute atomic E-state index is 13.1. The topological polar surface area (TPSA) is 60.2 Å². The van der Waals surface area contributed by atoms with E-state index in [0.29, 0.717) is 5.56 Å². The highest BCUT2D eigenvalue weighted by Gasteiger charge is 2.50. The molecule has 0 aliphatic carbocycles. The van der Waals surface area contributed by atoms with E-state index in [0.717, 1.165) is 36.4 Å². The summed E-state index contributed by atoms with van der Waals surface area (Å²) >= 11 is 0. The maximum Gasteiger partial charge on any atom is 0.416 e. The van der Waals surface area contributed by atoms with Crippen molar-refractivity contribution in [3.63, 3.8) is 0 Å². The monoisotopic (exact) mass is 484 g/mol. The van der Waals surface area contributed by atoms with Crippen molar-refractivity contribution in [3.05, 3.63) is 83.4 Å². The first kappa shape index (κ1) is 23.7. The molecule has 3 aromatic rings. The van der Waals surface area contributed by atoms with Crippen LogP contribution in [-0.4, -0.2) is 38.3 Å². The van der Waals surface area contributed by atoms with Crippen LogP contribution in [0.4, 0.5) is 26.3 Å². The molecule has 1 aromatic heterocycles. The number of carbonyl (C=O) groups is 1. The number of carbonyl (C=O) groups excluding carboxylic acids is 1. The molecule has 1 amide bonds. The molecule has 180 valence electrons. The molecule has 1 aliphatic heterocycles. The molecule has 12 heteroatoms. The van der Waals surface area contributed by atoms with Crippen LogP contribution in [0.15, 0.2) is 61.2 Å². The van der Waals surface area contributed by atoms with Gasteiger partial charge in [-0.05, 0) is 48.9 Å². The molecular formula is C22H18F6N4O2. The summed E-state index contributed by atoms with van der Waals surface area (Å²) < 4.78 is 85.2. The molecule has 34 heavy (non-hydrogen) atoms. The molecule has 0 bridgehead atoms. The van der Waals surface area contributed by atoms with E-state index >= 15 is 0 Å². The zero-order valence-corrected chi connectivity index (χ0v) is 17.6. The van der Waals surface area contributed by atoms with Gasteiger partial charge in [-0.25, -0.2) is 9.67 Å². The number of amides is 1. The Morgan fingerprint density at radius 3 is 2.06 bits per heavy atom. The summed E-state index contributed by atoms with van der Waals surface area (Å²) in [4.78, 5) is 18.3. The number of alkyl halides is 6. The molecule has 2 aromatic carbocycles. The van der Waals surface area contributed by atoms with E-state index in [2.05, 4.69) is 10.1 Å². The molecule has 1 fully saturated rings. The molecule has 0 saturated carbocycles. The fourth-order valence-electron chi connectivity index (χ4n) is 3.96. The Balaban J connectivity index is 1.66. The van der Waals surface area contributed by atoms with E-state index in [4.69, 9.17) is 4.74 Å². The number of benzene rings is 2. The summed E-state index contributed by atoms with van der Waals surface area (Å²) in [7, 11) is 0.